The summed E-state index contributed by atoms with van der Waals surface area (Å²) in [4.78, 5) is 13.2. The zero-order valence-electron chi connectivity index (χ0n) is 14.2. The summed E-state index contributed by atoms with van der Waals surface area (Å²) in [5.74, 6) is 1.34. The average Bonchev–Trinajstić information content (AvgIpc) is 2.37. The zero-order valence-corrected chi connectivity index (χ0v) is 16.6. The van der Waals surface area contributed by atoms with E-state index in [4.69, 9.17) is 0 Å². The number of benzene rings is 1. The molecule has 1 aromatic carbocycles. The molecule has 0 aliphatic heterocycles. The predicted molar refractivity (Wildman–Crippen MR) is 98.0 cm³/mol. The van der Waals surface area contributed by atoms with Gasteiger partial charge in [0.1, 0.15) is 0 Å². The van der Waals surface area contributed by atoms with Gasteiger partial charge in [0.05, 0.1) is 4.83 Å². The van der Waals surface area contributed by atoms with E-state index in [1.165, 1.54) is 33.3 Å². The second-order valence-corrected chi connectivity index (χ2v) is 8.92. The van der Waals surface area contributed by atoms with Gasteiger partial charge in [0.2, 0.25) is 5.12 Å². The summed E-state index contributed by atoms with van der Waals surface area (Å²) in [7, 11) is 0. The van der Waals surface area contributed by atoms with Crippen molar-refractivity contribution in [2.24, 2.45) is 0 Å². The first-order valence-corrected chi connectivity index (χ1v) is 9.41. The van der Waals surface area contributed by atoms with Crippen molar-refractivity contribution in [2.45, 2.75) is 75.9 Å². The van der Waals surface area contributed by atoms with Crippen molar-refractivity contribution in [3.63, 3.8) is 0 Å². The van der Waals surface area contributed by atoms with E-state index in [-0.39, 0.29) is 9.94 Å². The minimum absolute atomic E-state index is 0.118. The van der Waals surface area contributed by atoms with E-state index in [9.17, 15) is 4.79 Å². The van der Waals surface area contributed by atoms with Gasteiger partial charge < -0.3 is 0 Å². The van der Waals surface area contributed by atoms with Gasteiger partial charge in [0.25, 0.3) is 0 Å². The Balaban J connectivity index is 3.46. The molecule has 0 aliphatic rings. The van der Waals surface area contributed by atoms with Gasteiger partial charge in [-0.15, -0.1) is 0 Å². The highest BCUT2D eigenvalue weighted by Crippen LogP contribution is 2.39. The molecule has 118 valence electrons. The Morgan fingerprint density at radius 1 is 0.905 bits per heavy atom. The van der Waals surface area contributed by atoms with Crippen LogP contribution < -0.4 is 0 Å². The van der Waals surface area contributed by atoms with Crippen LogP contribution in [-0.2, 0) is 4.79 Å². The largest absolute Gasteiger partial charge is 0.286 e. The smallest absolute Gasteiger partial charge is 0.207 e. The van der Waals surface area contributed by atoms with Crippen molar-refractivity contribution < 1.29 is 4.79 Å². The van der Waals surface area contributed by atoms with Crippen LogP contribution in [-0.4, -0.2) is 9.94 Å². The Morgan fingerprint density at radius 2 is 1.33 bits per heavy atom. The molecular weight excluding hydrogens is 344 g/mol. The highest BCUT2D eigenvalue weighted by atomic mass is 79.9. The molecule has 0 amide bonds. The van der Waals surface area contributed by atoms with E-state index in [0.717, 1.165) is 0 Å². The van der Waals surface area contributed by atoms with E-state index in [0.29, 0.717) is 17.8 Å². The van der Waals surface area contributed by atoms with Crippen molar-refractivity contribution in [3.05, 3.63) is 28.8 Å². The Hall–Kier alpha value is -0.280. The maximum atomic E-state index is 12.2. The maximum Gasteiger partial charge on any atom is 0.207 e. The predicted octanol–water partition coefficient (Wildman–Crippen LogP) is 6.46. The quantitative estimate of drug-likeness (QED) is 0.436. The second kappa shape index (κ2) is 7.82. The van der Waals surface area contributed by atoms with Crippen LogP contribution in [0.25, 0.3) is 0 Å². The average molecular weight is 371 g/mol. The lowest BCUT2D eigenvalue weighted by Gasteiger charge is -2.22. The molecule has 0 aliphatic carbocycles. The number of thioether (sulfide) groups is 1. The summed E-state index contributed by atoms with van der Waals surface area (Å²) in [6, 6.07) is 4.57. The second-order valence-electron chi connectivity index (χ2n) is 6.53. The van der Waals surface area contributed by atoms with E-state index >= 15 is 0 Å². The van der Waals surface area contributed by atoms with E-state index < -0.39 is 0 Å². The molecule has 0 bridgehead atoms. The zero-order chi connectivity index (χ0) is 16.3. The summed E-state index contributed by atoms with van der Waals surface area (Å²) >= 11 is 4.78. The normalized spacial score (nSPS) is 13.3. The van der Waals surface area contributed by atoms with Gasteiger partial charge in [0.15, 0.2) is 0 Å². The molecule has 0 saturated heterocycles. The van der Waals surface area contributed by atoms with Gasteiger partial charge in [-0.2, -0.15) is 0 Å². The third-order valence-electron chi connectivity index (χ3n) is 3.61. The van der Waals surface area contributed by atoms with Gasteiger partial charge in [-0.3, -0.25) is 4.79 Å². The number of hydrogen-bond donors (Lipinski definition) is 0. The number of alkyl halides is 1. The van der Waals surface area contributed by atoms with Crippen LogP contribution in [0.15, 0.2) is 17.0 Å². The van der Waals surface area contributed by atoms with Crippen molar-refractivity contribution in [1.82, 2.24) is 0 Å². The molecular formula is C18H27BrOS. The van der Waals surface area contributed by atoms with E-state index in [1.54, 1.807) is 0 Å². The molecule has 1 unspecified atom stereocenters. The van der Waals surface area contributed by atoms with E-state index in [2.05, 4.69) is 69.6 Å². The fourth-order valence-electron chi connectivity index (χ4n) is 2.19. The lowest BCUT2D eigenvalue weighted by Crippen LogP contribution is -2.08. The number of carbonyl (C=O) groups is 1. The van der Waals surface area contributed by atoms with Crippen LogP contribution in [0.4, 0.5) is 0 Å². The van der Waals surface area contributed by atoms with Crippen molar-refractivity contribution >= 4 is 32.8 Å². The molecule has 0 spiro atoms. The van der Waals surface area contributed by atoms with Gasteiger partial charge in [-0.25, -0.2) is 0 Å². The third kappa shape index (κ3) is 4.85. The van der Waals surface area contributed by atoms with Gasteiger partial charge in [-0.05, 0) is 41.4 Å². The first-order chi connectivity index (χ1) is 9.65. The first kappa shape index (κ1) is 18.8. The van der Waals surface area contributed by atoms with Gasteiger partial charge in [0, 0.05) is 4.90 Å². The Morgan fingerprint density at radius 3 is 1.62 bits per heavy atom. The molecule has 21 heavy (non-hydrogen) atoms. The summed E-state index contributed by atoms with van der Waals surface area (Å²) in [5.41, 5.74) is 3.97. The molecule has 1 aromatic rings. The van der Waals surface area contributed by atoms with Crippen molar-refractivity contribution in [3.8, 4) is 0 Å². The SMILES string of the molecule is CC(Br)C(=O)Sc1c(C(C)C)cc(C(C)C)cc1C(C)C. The number of halogens is 1. The number of carbonyl (C=O) groups excluding carboxylic acids is 1. The fraction of sp³-hybridized carbons (Fsp3) is 0.611. The molecule has 0 radical (unpaired) electrons. The molecule has 1 nitrogen and oxygen atoms in total. The van der Waals surface area contributed by atoms with Crippen LogP contribution in [0.3, 0.4) is 0 Å². The Bertz CT molecular complexity index is 475. The standard InChI is InChI=1S/C18H27BrOS/c1-10(2)14-8-15(11(3)4)17(16(9-14)12(5)6)21-18(20)13(7)19/h8-13H,1-7H3. The third-order valence-corrected chi connectivity index (χ3v) is 5.56. The van der Waals surface area contributed by atoms with Crippen LogP contribution in [0.2, 0.25) is 0 Å². The molecule has 3 heteroatoms. The lowest BCUT2D eigenvalue weighted by atomic mass is 9.89. The number of hydrogen-bond acceptors (Lipinski definition) is 2. The number of rotatable bonds is 5. The minimum Gasteiger partial charge on any atom is -0.286 e. The van der Waals surface area contributed by atoms with Crippen LogP contribution in [0, 0.1) is 0 Å². The molecule has 0 heterocycles. The summed E-state index contributed by atoms with van der Waals surface area (Å²) in [6.07, 6.45) is 0. The Kier molecular flexibility index (Phi) is 6.99. The van der Waals surface area contributed by atoms with Crippen LogP contribution in [0.1, 0.15) is 82.9 Å². The fourth-order valence-corrected chi connectivity index (χ4v) is 3.66. The molecule has 1 atom stereocenters. The van der Waals surface area contributed by atoms with Gasteiger partial charge >= 0.3 is 0 Å². The Labute approximate surface area is 142 Å². The molecule has 0 aromatic heterocycles. The van der Waals surface area contributed by atoms with Crippen molar-refractivity contribution in [1.29, 1.82) is 0 Å². The highest BCUT2D eigenvalue weighted by Gasteiger charge is 2.21. The molecule has 0 N–H and O–H groups in total. The summed E-state index contributed by atoms with van der Waals surface area (Å²) < 4.78 is 0. The van der Waals surface area contributed by atoms with Crippen molar-refractivity contribution in [2.75, 3.05) is 0 Å². The summed E-state index contributed by atoms with van der Waals surface area (Å²) in [6.45, 7) is 15.2. The first-order valence-electron chi connectivity index (χ1n) is 7.68. The van der Waals surface area contributed by atoms with Gasteiger partial charge in [-0.1, -0.05) is 81.4 Å². The minimum atomic E-state index is -0.118. The maximum absolute atomic E-state index is 12.2. The van der Waals surface area contributed by atoms with Crippen LogP contribution >= 0.6 is 27.7 Å². The summed E-state index contributed by atoms with van der Waals surface area (Å²) in [5, 5.41) is 0.177. The topological polar surface area (TPSA) is 17.1 Å². The molecule has 0 fully saturated rings. The molecule has 1 rings (SSSR count). The lowest BCUT2D eigenvalue weighted by molar-refractivity contribution is -0.110. The van der Waals surface area contributed by atoms with E-state index in [1.807, 2.05) is 6.92 Å². The van der Waals surface area contributed by atoms with Crippen LogP contribution in [0.5, 0.6) is 0 Å². The highest BCUT2D eigenvalue weighted by molar-refractivity contribution is 9.10. The molecule has 0 saturated carbocycles. The monoisotopic (exact) mass is 370 g/mol.